The molecule has 0 aromatic heterocycles. The van der Waals surface area contributed by atoms with Crippen LogP contribution in [-0.2, 0) is 14.3 Å². The van der Waals surface area contributed by atoms with Gasteiger partial charge in [0.2, 0.25) is 5.91 Å². The topological polar surface area (TPSA) is 56.8 Å². The largest absolute Gasteiger partial charge is 0.492 e. The molecule has 0 aliphatic rings. The molecule has 1 amide bonds. The van der Waals surface area contributed by atoms with Gasteiger partial charge in [-0.15, -0.1) is 11.6 Å². The lowest BCUT2D eigenvalue weighted by Crippen LogP contribution is -2.30. The molecule has 0 aliphatic carbocycles. The van der Waals surface area contributed by atoms with Gasteiger partial charge in [-0.3, -0.25) is 4.79 Å². The second-order valence-electron chi connectivity index (χ2n) is 4.25. The number of ether oxygens (including phenoxy) is 3. The van der Waals surface area contributed by atoms with Gasteiger partial charge in [0.25, 0.3) is 0 Å². The molecule has 1 aromatic rings. The van der Waals surface area contributed by atoms with Crippen molar-refractivity contribution in [2.75, 3.05) is 33.0 Å². The molecule has 0 unspecified atom stereocenters. The molecule has 0 fully saturated rings. The first kappa shape index (κ1) is 18.0. The summed E-state index contributed by atoms with van der Waals surface area (Å²) in [6.07, 6.45) is 0. The van der Waals surface area contributed by atoms with Crippen LogP contribution in [0, 0.1) is 0 Å². The van der Waals surface area contributed by atoms with E-state index in [4.69, 9.17) is 37.4 Å². The lowest BCUT2D eigenvalue weighted by Gasteiger charge is -2.21. The molecule has 1 N–H and O–H groups in total. The average molecular weight is 336 g/mol. The summed E-state index contributed by atoms with van der Waals surface area (Å²) >= 11 is 11.6. The summed E-state index contributed by atoms with van der Waals surface area (Å²) < 4.78 is 15.8. The monoisotopic (exact) mass is 335 g/mol. The predicted molar refractivity (Wildman–Crippen MR) is 82.1 cm³/mol. The summed E-state index contributed by atoms with van der Waals surface area (Å²) in [6.45, 7) is 2.19. The minimum Gasteiger partial charge on any atom is -0.492 e. The Bertz CT molecular complexity index is 457. The van der Waals surface area contributed by atoms with Crippen molar-refractivity contribution >= 4 is 29.1 Å². The van der Waals surface area contributed by atoms with E-state index in [1.165, 1.54) is 14.0 Å². The first-order valence-electron chi connectivity index (χ1n) is 6.40. The number of nitrogens with one attached hydrogen (secondary N) is 1. The quantitative estimate of drug-likeness (QED) is 0.428. The van der Waals surface area contributed by atoms with Crippen LogP contribution in [0.1, 0.15) is 18.5 Å². The molecule has 0 saturated heterocycles. The van der Waals surface area contributed by atoms with Crippen molar-refractivity contribution in [3.63, 3.8) is 0 Å². The molecule has 0 bridgehead atoms. The third-order valence-corrected chi connectivity index (χ3v) is 2.94. The van der Waals surface area contributed by atoms with Crippen molar-refractivity contribution in [1.82, 2.24) is 5.32 Å². The van der Waals surface area contributed by atoms with E-state index in [1.807, 2.05) is 0 Å². The van der Waals surface area contributed by atoms with Crippen LogP contribution in [0.25, 0.3) is 0 Å². The molecular formula is C14H19Cl2NO4. The van der Waals surface area contributed by atoms with Gasteiger partial charge in [-0.2, -0.15) is 0 Å². The van der Waals surface area contributed by atoms with E-state index in [-0.39, 0.29) is 25.3 Å². The molecule has 0 heterocycles. The van der Waals surface area contributed by atoms with Gasteiger partial charge < -0.3 is 19.5 Å². The standard InChI is InChI=1S/C14H19Cl2NO4/c1-10(18)17-13(8-20-9-19-2)12-4-3-11(16)7-14(12)21-6-5-15/h3-4,7,13H,5-6,8-9H2,1-2H3,(H,17,18)/t13-/m1/s1. The highest BCUT2D eigenvalue weighted by Gasteiger charge is 2.18. The Morgan fingerprint density at radius 3 is 2.81 bits per heavy atom. The Morgan fingerprint density at radius 1 is 1.43 bits per heavy atom. The zero-order chi connectivity index (χ0) is 15.7. The zero-order valence-corrected chi connectivity index (χ0v) is 13.5. The van der Waals surface area contributed by atoms with Crippen molar-refractivity contribution in [2.24, 2.45) is 0 Å². The van der Waals surface area contributed by atoms with Crippen LogP contribution >= 0.6 is 23.2 Å². The van der Waals surface area contributed by atoms with Crippen LogP contribution in [-0.4, -0.2) is 38.9 Å². The van der Waals surface area contributed by atoms with Gasteiger partial charge in [0.05, 0.1) is 18.5 Å². The van der Waals surface area contributed by atoms with Crippen molar-refractivity contribution in [3.8, 4) is 5.75 Å². The minimum atomic E-state index is -0.361. The Labute approximate surface area is 134 Å². The fraction of sp³-hybridized carbons (Fsp3) is 0.500. The van der Waals surface area contributed by atoms with E-state index in [0.29, 0.717) is 23.3 Å². The fourth-order valence-electron chi connectivity index (χ4n) is 1.77. The summed E-state index contributed by atoms with van der Waals surface area (Å²) in [5, 5.41) is 3.36. The fourth-order valence-corrected chi connectivity index (χ4v) is 2.01. The molecule has 5 nitrogen and oxygen atoms in total. The first-order valence-corrected chi connectivity index (χ1v) is 7.31. The number of halogens is 2. The predicted octanol–water partition coefficient (Wildman–Crippen LogP) is 2.76. The van der Waals surface area contributed by atoms with Gasteiger partial charge in [-0.1, -0.05) is 17.7 Å². The SMILES string of the molecule is COCOC[C@@H](NC(C)=O)c1ccc(Cl)cc1OCCCl. The number of methoxy groups -OCH3 is 1. The molecule has 0 saturated carbocycles. The van der Waals surface area contributed by atoms with E-state index in [0.717, 1.165) is 5.56 Å². The molecule has 0 spiro atoms. The summed E-state index contributed by atoms with van der Waals surface area (Å²) in [6, 6.07) is 4.85. The van der Waals surface area contributed by atoms with Crippen LogP contribution in [0.15, 0.2) is 18.2 Å². The number of benzene rings is 1. The second-order valence-corrected chi connectivity index (χ2v) is 5.06. The molecule has 0 aliphatic heterocycles. The van der Waals surface area contributed by atoms with Crippen LogP contribution in [0.4, 0.5) is 0 Å². The summed E-state index contributed by atoms with van der Waals surface area (Å²) in [4.78, 5) is 11.4. The van der Waals surface area contributed by atoms with Crippen LogP contribution in [0.5, 0.6) is 5.75 Å². The van der Waals surface area contributed by atoms with Crippen molar-refractivity contribution in [2.45, 2.75) is 13.0 Å². The summed E-state index contributed by atoms with van der Waals surface area (Å²) in [5.41, 5.74) is 0.774. The zero-order valence-electron chi connectivity index (χ0n) is 12.0. The van der Waals surface area contributed by atoms with Crippen molar-refractivity contribution in [1.29, 1.82) is 0 Å². The Balaban J connectivity index is 2.94. The molecule has 7 heteroatoms. The Morgan fingerprint density at radius 2 is 2.19 bits per heavy atom. The molecule has 1 atom stereocenters. The maximum absolute atomic E-state index is 11.4. The highest BCUT2D eigenvalue weighted by atomic mass is 35.5. The molecule has 1 rings (SSSR count). The molecule has 118 valence electrons. The number of rotatable bonds is 9. The lowest BCUT2D eigenvalue weighted by atomic mass is 10.1. The van der Waals surface area contributed by atoms with Crippen molar-refractivity contribution < 1.29 is 19.0 Å². The second kappa shape index (κ2) is 9.84. The van der Waals surface area contributed by atoms with Gasteiger partial charge in [0.1, 0.15) is 19.1 Å². The number of amides is 1. The number of hydrogen-bond acceptors (Lipinski definition) is 4. The molecule has 0 radical (unpaired) electrons. The van der Waals surface area contributed by atoms with E-state index in [9.17, 15) is 4.79 Å². The Hall–Kier alpha value is -1.01. The van der Waals surface area contributed by atoms with Gasteiger partial charge in [-0.25, -0.2) is 0 Å². The van der Waals surface area contributed by atoms with E-state index in [1.54, 1.807) is 18.2 Å². The lowest BCUT2D eigenvalue weighted by molar-refractivity contribution is -0.120. The maximum Gasteiger partial charge on any atom is 0.217 e. The summed E-state index contributed by atoms with van der Waals surface area (Å²) in [5.74, 6) is 0.763. The third kappa shape index (κ3) is 6.52. The first-order chi connectivity index (χ1) is 10.1. The number of carbonyl (C=O) groups is 1. The number of carbonyl (C=O) groups excluding carboxylic acids is 1. The van der Waals surface area contributed by atoms with Gasteiger partial charge in [-0.05, 0) is 12.1 Å². The van der Waals surface area contributed by atoms with Crippen molar-refractivity contribution in [3.05, 3.63) is 28.8 Å². The van der Waals surface area contributed by atoms with Gasteiger partial charge >= 0.3 is 0 Å². The van der Waals surface area contributed by atoms with Crippen LogP contribution in [0.2, 0.25) is 5.02 Å². The Kier molecular flexibility index (Phi) is 8.45. The maximum atomic E-state index is 11.4. The molecule has 21 heavy (non-hydrogen) atoms. The summed E-state index contributed by atoms with van der Waals surface area (Å²) in [7, 11) is 1.53. The van der Waals surface area contributed by atoms with Crippen LogP contribution in [0.3, 0.4) is 0 Å². The number of hydrogen-bond donors (Lipinski definition) is 1. The smallest absolute Gasteiger partial charge is 0.217 e. The normalized spacial score (nSPS) is 12.0. The van der Waals surface area contributed by atoms with E-state index in [2.05, 4.69) is 5.32 Å². The van der Waals surface area contributed by atoms with Crippen LogP contribution < -0.4 is 10.1 Å². The van der Waals surface area contributed by atoms with E-state index < -0.39 is 0 Å². The molecule has 1 aromatic carbocycles. The van der Waals surface area contributed by atoms with E-state index >= 15 is 0 Å². The molecular weight excluding hydrogens is 317 g/mol. The minimum absolute atomic E-state index is 0.140. The highest BCUT2D eigenvalue weighted by molar-refractivity contribution is 6.30. The van der Waals surface area contributed by atoms with Gasteiger partial charge in [0.15, 0.2) is 0 Å². The average Bonchev–Trinajstić information content (AvgIpc) is 2.44. The third-order valence-electron chi connectivity index (χ3n) is 2.55. The van der Waals surface area contributed by atoms with Gasteiger partial charge in [0, 0.05) is 24.6 Å². The highest BCUT2D eigenvalue weighted by Crippen LogP contribution is 2.29. The number of alkyl halides is 1.